The average molecular weight is 352 g/mol. The van der Waals surface area contributed by atoms with Crippen LogP contribution >= 0.6 is 0 Å². The Morgan fingerprint density at radius 3 is 2.39 bits per heavy atom. The van der Waals surface area contributed by atoms with E-state index in [2.05, 4.69) is 9.97 Å². The maximum atomic E-state index is 12.0. The van der Waals surface area contributed by atoms with Crippen LogP contribution in [0, 0.1) is 0 Å². The first-order valence-electron chi connectivity index (χ1n) is 6.21. The van der Waals surface area contributed by atoms with E-state index in [1.165, 1.54) is 17.9 Å². The van der Waals surface area contributed by atoms with Gasteiger partial charge in [0.05, 0.1) is 6.33 Å². The summed E-state index contributed by atoms with van der Waals surface area (Å²) in [6.45, 7) is 0.137. The summed E-state index contributed by atoms with van der Waals surface area (Å²) in [5.74, 6) is 0. The summed E-state index contributed by atoms with van der Waals surface area (Å²) in [5.41, 5.74) is -0.338. The van der Waals surface area contributed by atoms with E-state index in [0.29, 0.717) is 12.1 Å². The maximum absolute atomic E-state index is 12.0. The number of aromatic nitrogens is 4. The number of imidazole rings is 1. The molecule has 2 aromatic heterocycles. The van der Waals surface area contributed by atoms with Crippen LogP contribution in [-0.4, -0.2) is 53.1 Å². The minimum absolute atomic E-state index is 0.108. The third-order valence-electron chi connectivity index (χ3n) is 2.76. The van der Waals surface area contributed by atoms with Gasteiger partial charge in [-0.05, 0) is 12.8 Å². The molecule has 0 radical (unpaired) electrons. The molecule has 0 aliphatic heterocycles. The van der Waals surface area contributed by atoms with Gasteiger partial charge in [0.1, 0.15) is 5.52 Å². The van der Waals surface area contributed by atoms with E-state index in [0.717, 1.165) is 4.57 Å². The molecule has 0 fully saturated rings. The van der Waals surface area contributed by atoms with Crippen LogP contribution in [0.15, 0.2) is 15.9 Å². The zero-order valence-corrected chi connectivity index (χ0v) is 12.8. The van der Waals surface area contributed by atoms with Gasteiger partial charge < -0.3 is 15.2 Å². The van der Waals surface area contributed by atoms with Crippen molar-refractivity contribution in [2.75, 3.05) is 0 Å². The first kappa shape index (κ1) is 19.0. The summed E-state index contributed by atoms with van der Waals surface area (Å²) in [6.07, 6.45) is 0.358. The Hall–Kier alpha value is -2.06. The molecule has 0 saturated heterocycles. The zero-order valence-electron chi connectivity index (χ0n) is 11.9. The number of nitrogens with zero attached hydrogens (tertiary/aromatic N) is 3. The SMILES string of the molecule is Cn1c(=O)n(CCCC(O)O)c(=O)c2[nH]cnc21.O=S(=O)(O)O. The van der Waals surface area contributed by atoms with E-state index in [-0.39, 0.29) is 18.5 Å². The van der Waals surface area contributed by atoms with Gasteiger partial charge in [-0.1, -0.05) is 0 Å². The van der Waals surface area contributed by atoms with Crippen LogP contribution in [0.5, 0.6) is 0 Å². The van der Waals surface area contributed by atoms with Crippen LogP contribution in [-0.2, 0) is 24.0 Å². The second kappa shape index (κ2) is 7.47. The molecule has 0 bridgehead atoms. The highest BCUT2D eigenvalue weighted by molar-refractivity contribution is 7.79. The molecule has 0 unspecified atom stereocenters. The van der Waals surface area contributed by atoms with Crippen molar-refractivity contribution in [2.45, 2.75) is 25.7 Å². The molecule has 0 atom stereocenters. The van der Waals surface area contributed by atoms with Crippen molar-refractivity contribution in [1.29, 1.82) is 0 Å². The molecular weight excluding hydrogens is 336 g/mol. The Bertz CT molecular complexity index is 870. The zero-order chi connectivity index (χ0) is 17.8. The van der Waals surface area contributed by atoms with Gasteiger partial charge in [-0.3, -0.25) is 23.0 Å². The number of aromatic amines is 1. The third kappa shape index (κ3) is 5.57. The number of aliphatic hydroxyl groups is 2. The molecule has 0 aliphatic carbocycles. The number of rotatable bonds is 4. The van der Waals surface area contributed by atoms with Gasteiger partial charge in [-0.15, -0.1) is 0 Å². The molecular formula is C10H16N4O8S. The molecule has 130 valence electrons. The van der Waals surface area contributed by atoms with Gasteiger partial charge in [0.15, 0.2) is 11.9 Å². The Morgan fingerprint density at radius 1 is 1.30 bits per heavy atom. The van der Waals surface area contributed by atoms with E-state index in [1.54, 1.807) is 0 Å². The molecule has 0 amide bonds. The summed E-state index contributed by atoms with van der Waals surface area (Å²) in [7, 11) is -3.14. The van der Waals surface area contributed by atoms with Gasteiger partial charge in [0.25, 0.3) is 5.56 Å². The fraction of sp³-hybridized carbons (Fsp3) is 0.500. The molecule has 2 heterocycles. The second-order valence-corrected chi connectivity index (χ2v) is 5.37. The number of nitrogens with one attached hydrogen (secondary N) is 1. The minimum atomic E-state index is -4.67. The van der Waals surface area contributed by atoms with E-state index >= 15 is 0 Å². The number of hydrogen-bond acceptors (Lipinski definition) is 7. The quantitative estimate of drug-likeness (QED) is 0.302. The highest BCUT2D eigenvalue weighted by atomic mass is 32.3. The molecule has 2 rings (SSSR count). The molecule has 0 aliphatic rings. The van der Waals surface area contributed by atoms with Gasteiger partial charge in [-0.25, -0.2) is 9.78 Å². The molecule has 13 heteroatoms. The molecule has 0 saturated carbocycles. The number of aryl methyl sites for hydroxylation is 1. The van der Waals surface area contributed by atoms with Gasteiger partial charge >= 0.3 is 16.1 Å². The summed E-state index contributed by atoms with van der Waals surface area (Å²) in [5, 5.41) is 17.5. The van der Waals surface area contributed by atoms with Crippen molar-refractivity contribution >= 4 is 21.6 Å². The lowest BCUT2D eigenvalue weighted by molar-refractivity contribution is -0.0469. The van der Waals surface area contributed by atoms with E-state index in [1.807, 2.05) is 0 Å². The third-order valence-corrected chi connectivity index (χ3v) is 2.76. The van der Waals surface area contributed by atoms with Gasteiger partial charge in [0.2, 0.25) is 0 Å². The number of H-pyrrole nitrogens is 1. The monoisotopic (exact) mass is 352 g/mol. The molecule has 12 nitrogen and oxygen atoms in total. The summed E-state index contributed by atoms with van der Waals surface area (Å²) in [4.78, 5) is 30.5. The van der Waals surface area contributed by atoms with Crippen LogP contribution in [0.3, 0.4) is 0 Å². The summed E-state index contributed by atoms with van der Waals surface area (Å²) < 4.78 is 33.9. The van der Waals surface area contributed by atoms with Crippen molar-refractivity contribution < 1.29 is 27.7 Å². The molecule has 0 spiro atoms. The average Bonchev–Trinajstić information content (AvgIpc) is 2.87. The van der Waals surface area contributed by atoms with Crippen molar-refractivity contribution in [3.63, 3.8) is 0 Å². The lowest BCUT2D eigenvalue weighted by Crippen LogP contribution is -2.39. The molecule has 2 aromatic rings. The standard InChI is InChI=1S/C10H14N4O4.H2O4S/c1-13-8-7(11-5-12-8)9(17)14(10(13)18)4-2-3-6(15)16;1-5(2,3)4/h5-6,15-16H,2-4H2,1H3,(H,11,12);(H2,1,2,3,4). The highest BCUT2D eigenvalue weighted by Crippen LogP contribution is 2.00. The predicted octanol–water partition coefficient (Wildman–Crippen LogP) is -2.14. The van der Waals surface area contributed by atoms with Crippen LogP contribution < -0.4 is 11.2 Å². The van der Waals surface area contributed by atoms with Crippen LogP contribution in [0.25, 0.3) is 11.2 Å². The lowest BCUT2D eigenvalue weighted by atomic mass is 10.3. The topological polar surface area (TPSA) is 188 Å². The minimum Gasteiger partial charge on any atom is -0.368 e. The predicted molar refractivity (Wildman–Crippen MR) is 77.2 cm³/mol. The Morgan fingerprint density at radius 2 is 1.87 bits per heavy atom. The fourth-order valence-electron chi connectivity index (χ4n) is 1.82. The molecule has 0 aromatic carbocycles. The van der Waals surface area contributed by atoms with Crippen molar-refractivity contribution in [3.8, 4) is 0 Å². The fourth-order valence-corrected chi connectivity index (χ4v) is 1.82. The van der Waals surface area contributed by atoms with E-state index in [9.17, 15) is 9.59 Å². The number of fused-ring (bicyclic) bond motifs is 1. The Balaban J connectivity index is 0.000000463. The Kier molecular flexibility index (Phi) is 6.17. The summed E-state index contributed by atoms with van der Waals surface area (Å²) >= 11 is 0. The van der Waals surface area contributed by atoms with Crippen LogP contribution in [0.1, 0.15) is 12.8 Å². The largest absolute Gasteiger partial charge is 0.394 e. The molecule has 5 N–H and O–H groups in total. The van der Waals surface area contributed by atoms with E-state index in [4.69, 9.17) is 27.7 Å². The Labute approximate surface area is 129 Å². The van der Waals surface area contributed by atoms with Crippen LogP contribution in [0.2, 0.25) is 0 Å². The maximum Gasteiger partial charge on any atom is 0.394 e. The lowest BCUT2D eigenvalue weighted by Gasteiger charge is -2.08. The highest BCUT2D eigenvalue weighted by Gasteiger charge is 2.12. The smallest absolute Gasteiger partial charge is 0.368 e. The first-order valence-corrected chi connectivity index (χ1v) is 7.61. The van der Waals surface area contributed by atoms with Crippen molar-refractivity contribution in [2.24, 2.45) is 7.05 Å². The van der Waals surface area contributed by atoms with Crippen molar-refractivity contribution in [3.05, 3.63) is 27.2 Å². The van der Waals surface area contributed by atoms with Crippen molar-refractivity contribution in [1.82, 2.24) is 19.1 Å². The number of hydrogen-bond donors (Lipinski definition) is 5. The van der Waals surface area contributed by atoms with Crippen LogP contribution in [0.4, 0.5) is 0 Å². The van der Waals surface area contributed by atoms with Gasteiger partial charge in [0, 0.05) is 13.6 Å². The normalized spacial score (nSPS) is 11.6. The molecule has 23 heavy (non-hydrogen) atoms. The second-order valence-electron chi connectivity index (χ2n) is 4.47. The number of aliphatic hydroxyl groups excluding tert-OH is 1. The van der Waals surface area contributed by atoms with E-state index < -0.39 is 27.9 Å². The summed E-state index contributed by atoms with van der Waals surface area (Å²) in [6, 6.07) is 0. The van der Waals surface area contributed by atoms with Gasteiger partial charge in [-0.2, -0.15) is 8.42 Å². The first-order chi connectivity index (χ1) is 10.5.